The molecule has 0 aliphatic heterocycles. The van der Waals surface area contributed by atoms with E-state index in [9.17, 15) is 4.79 Å². The van der Waals surface area contributed by atoms with E-state index >= 15 is 0 Å². The summed E-state index contributed by atoms with van der Waals surface area (Å²) >= 11 is 0. The predicted octanol–water partition coefficient (Wildman–Crippen LogP) is 0.189. The van der Waals surface area contributed by atoms with Crippen LogP contribution in [-0.2, 0) is 16.7 Å². The number of oxime groups is 1. The molecular weight excluding hydrogens is 184 g/mol. The van der Waals surface area contributed by atoms with Crippen LogP contribution in [0.2, 0.25) is 0 Å². The van der Waals surface area contributed by atoms with E-state index in [1.807, 2.05) is 6.07 Å². The third-order valence-electron chi connectivity index (χ3n) is 1.38. The van der Waals surface area contributed by atoms with E-state index in [0.717, 1.165) is 0 Å². The molecule has 6 heteroatoms. The van der Waals surface area contributed by atoms with Gasteiger partial charge in [0.2, 0.25) is 0 Å². The maximum absolute atomic E-state index is 10.4. The molecule has 0 amide bonds. The molecule has 0 atom stereocenters. The SMILES string of the molecule is CC(=O)ON=Cc1nc(C#N)cn1C. The van der Waals surface area contributed by atoms with Crippen molar-refractivity contribution < 1.29 is 9.63 Å². The lowest BCUT2D eigenvalue weighted by Crippen LogP contribution is -1.97. The van der Waals surface area contributed by atoms with Crippen LogP contribution in [0.3, 0.4) is 0 Å². The lowest BCUT2D eigenvalue weighted by Gasteiger charge is -1.91. The Morgan fingerprint density at radius 1 is 1.86 bits per heavy atom. The number of imidazole rings is 1. The van der Waals surface area contributed by atoms with E-state index < -0.39 is 5.97 Å². The van der Waals surface area contributed by atoms with Crippen molar-refractivity contribution in [2.75, 3.05) is 0 Å². The average Bonchev–Trinajstić information content (AvgIpc) is 2.47. The number of aromatic nitrogens is 2. The average molecular weight is 192 g/mol. The van der Waals surface area contributed by atoms with Crippen LogP contribution >= 0.6 is 0 Å². The first-order valence-electron chi connectivity index (χ1n) is 3.78. The fraction of sp³-hybridized carbons (Fsp3) is 0.250. The van der Waals surface area contributed by atoms with E-state index in [0.29, 0.717) is 5.82 Å². The number of nitriles is 1. The van der Waals surface area contributed by atoms with Crippen molar-refractivity contribution in [3.8, 4) is 6.07 Å². The second-order valence-electron chi connectivity index (χ2n) is 2.52. The Hall–Kier alpha value is -2.16. The number of nitrogens with zero attached hydrogens (tertiary/aromatic N) is 4. The molecule has 0 fully saturated rings. The number of rotatable bonds is 2. The molecule has 1 aromatic rings. The van der Waals surface area contributed by atoms with E-state index in [-0.39, 0.29) is 5.69 Å². The minimum atomic E-state index is -0.504. The molecule has 72 valence electrons. The highest BCUT2D eigenvalue weighted by molar-refractivity contribution is 5.76. The van der Waals surface area contributed by atoms with Gasteiger partial charge < -0.3 is 9.40 Å². The van der Waals surface area contributed by atoms with E-state index in [2.05, 4.69) is 15.0 Å². The minimum absolute atomic E-state index is 0.289. The summed E-state index contributed by atoms with van der Waals surface area (Å²) in [6.07, 6.45) is 2.82. The Bertz CT molecular complexity index is 413. The Kier molecular flexibility index (Phi) is 2.97. The molecule has 0 aliphatic rings. The summed E-state index contributed by atoms with van der Waals surface area (Å²) in [6, 6.07) is 1.89. The predicted molar refractivity (Wildman–Crippen MR) is 47.3 cm³/mol. The van der Waals surface area contributed by atoms with Gasteiger partial charge in [-0.2, -0.15) is 5.26 Å². The summed E-state index contributed by atoms with van der Waals surface area (Å²) in [4.78, 5) is 18.6. The van der Waals surface area contributed by atoms with E-state index in [1.54, 1.807) is 17.8 Å². The third-order valence-corrected chi connectivity index (χ3v) is 1.38. The second-order valence-corrected chi connectivity index (χ2v) is 2.52. The van der Waals surface area contributed by atoms with Crippen molar-refractivity contribution >= 4 is 12.2 Å². The topological polar surface area (TPSA) is 80.3 Å². The van der Waals surface area contributed by atoms with Gasteiger partial charge in [0.05, 0.1) is 0 Å². The van der Waals surface area contributed by atoms with Gasteiger partial charge in [-0.25, -0.2) is 9.78 Å². The van der Waals surface area contributed by atoms with Crippen molar-refractivity contribution in [1.82, 2.24) is 9.55 Å². The van der Waals surface area contributed by atoms with E-state index in [1.165, 1.54) is 13.1 Å². The minimum Gasteiger partial charge on any atom is -0.332 e. The molecule has 0 saturated carbocycles. The van der Waals surface area contributed by atoms with Crippen LogP contribution in [0.4, 0.5) is 0 Å². The van der Waals surface area contributed by atoms with Crippen molar-refractivity contribution in [3.63, 3.8) is 0 Å². The third kappa shape index (κ3) is 2.42. The summed E-state index contributed by atoms with van der Waals surface area (Å²) in [5.74, 6) is -0.0567. The van der Waals surface area contributed by atoms with E-state index in [4.69, 9.17) is 5.26 Å². The molecular formula is C8H8N4O2. The molecule has 1 aromatic heterocycles. The fourth-order valence-corrected chi connectivity index (χ4v) is 0.802. The number of hydrogen-bond acceptors (Lipinski definition) is 5. The molecule has 14 heavy (non-hydrogen) atoms. The van der Waals surface area contributed by atoms with Gasteiger partial charge in [0.1, 0.15) is 12.3 Å². The smallest absolute Gasteiger partial charge is 0.331 e. The Morgan fingerprint density at radius 2 is 2.57 bits per heavy atom. The van der Waals surface area contributed by atoms with Crippen molar-refractivity contribution in [3.05, 3.63) is 17.7 Å². The molecule has 0 aromatic carbocycles. The van der Waals surface area contributed by atoms with Crippen molar-refractivity contribution in [2.24, 2.45) is 12.2 Å². The largest absolute Gasteiger partial charge is 0.332 e. The zero-order valence-corrected chi connectivity index (χ0v) is 7.76. The zero-order valence-electron chi connectivity index (χ0n) is 7.76. The highest BCUT2D eigenvalue weighted by Gasteiger charge is 2.01. The summed E-state index contributed by atoms with van der Waals surface area (Å²) in [5, 5.41) is 11.9. The van der Waals surface area contributed by atoms with Gasteiger partial charge in [-0.05, 0) is 0 Å². The van der Waals surface area contributed by atoms with Gasteiger partial charge in [-0.1, -0.05) is 5.16 Å². The summed E-state index contributed by atoms with van der Waals surface area (Å²) < 4.78 is 1.60. The Labute approximate surface area is 80.4 Å². The van der Waals surface area contributed by atoms with Crippen LogP contribution in [0, 0.1) is 11.3 Å². The lowest BCUT2D eigenvalue weighted by atomic mass is 10.5. The summed E-state index contributed by atoms with van der Waals surface area (Å²) in [6.45, 7) is 1.25. The normalized spacial score (nSPS) is 10.1. The first-order valence-corrected chi connectivity index (χ1v) is 3.78. The second kappa shape index (κ2) is 4.18. The molecule has 0 radical (unpaired) electrons. The lowest BCUT2D eigenvalue weighted by molar-refractivity contribution is -0.140. The summed E-state index contributed by atoms with van der Waals surface area (Å²) in [7, 11) is 1.71. The quantitative estimate of drug-likeness (QED) is 0.380. The van der Waals surface area contributed by atoms with Gasteiger partial charge in [0, 0.05) is 20.2 Å². The van der Waals surface area contributed by atoms with Gasteiger partial charge in [-0.3, -0.25) is 0 Å². The number of carbonyl (C=O) groups excluding carboxylic acids is 1. The van der Waals surface area contributed by atoms with Crippen LogP contribution in [0.25, 0.3) is 0 Å². The maximum atomic E-state index is 10.4. The van der Waals surface area contributed by atoms with Gasteiger partial charge in [0.15, 0.2) is 11.5 Å². The molecule has 0 N–H and O–H groups in total. The van der Waals surface area contributed by atoms with Gasteiger partial charge in [-0.15, -0.1) is 0 Å². The van der Waals surface area contributed by atoms with Crippen LogP contribution in [0.15, 0.2) is 11.4 Å². The van der Waals surface area contributed by atoms with Crippen LogP contribution in [-0.4, -0.2) is 21.7 Å². The first-order chi connectivity index (χ1) is 6.63. The first kappa shape index (κ1) is 9.92. The Morgan fingerprint density at radius 3 is 3.07 bits per heavy atom. The molecule has 0 aliphatic carbocycles. The number of carbonyl (C=O) groups is 1. The molecule has 0 spiro atoms. The fourth-order valence-electron chi connectivity index (χ4n) is 0.802. The van der Waals surface area contributed by atoms with Gasteiger partial charge in [0.25, 0.3) is 0 Å². The highest BCUT2D eigenvalue weighted by Crippen LogP contribution is 1.97. The molecule has 0 saturated heterocycles. The van der Waals surface area contributed by atoms with Crippen LogP contribution in [0.5, 0.6) is 0 Å². The van der Waals surface area contributed by atoms with Crippen LogP contribution < -0.4 is 0 Å². The molecule has 1 heterocycles. The standard InChI is InChI=1S/C8H8N4O2/c1-6(13)14-10-4-8-11-7(3-9)5-12(8)2/h4-5H,1-2H3. The number of hydrogen-bond donors (Lipinski definition) is 0. The van der Waals surface area contributed by atoms with Crippen LogP contribution in [0.1, 0.15) is 18.4 Å². The zero-order chi connectivity index (χ0) is 10.6. The van der Waals surface area contributed by atoms with Gasteiger partial charge >= 0.3 is 5.97 Å². The molecule has 0 bridgehead atoms. The molecule has 0 unspecified atom stereocenters. The summed E-state index contributed by atoms with van der Waals surface area (Å²) in [5.41, 5.74) is 0.289. The molecule has 6 nitrogen and oxygen atoms in total. The van der Waals surface area contributed by atoms with Crippen molar-refractivity contribution in [1.29, 1.82) is 5.26 Å². The monoisotopic (exact) mass is 192 g/mol. The highest BCUT2D eigenvalue weighted by atomic mass is 16.7. The van der Waals surface area contributed by atoms with Crippen molar-refractivity contribution in [2.45, 2.75) is 6.92 Å². The number of aryl methyl sites for hydroxylation is 1. The molecule has 1 rings (SSSR count). The maximum Gasteiger partial charge on any atom is 0.331 e. The Balaban J connectivity index is 2.77.